The molecule has 0 spiro atoms. The number of rotatable bonds is 6. The van der Waals surface area contributed by atoms with E-state index in [2.05, 4.69) is 15.3 Å². The van der Waals surface area contributed by atoms with Crippen LogP contribution in [-0.2, 0) is 24.1 Å². The van der Waals surface area contributed by atoms with Crippen LogP contribution < -0.4 is 5.32 Å². The summed E-state index contributed by atoms with van der Waals surface area (Å²) in [7, 11) is 0. The summed E-state index contributed by atoms with van der Waals surface area (Å²) in [6.45, 7) is 1.39. The maximum absolute atomic E-state index is 12.6. The van der Waals surface area contributed by atoms with Crippen LogP contribution in [0.5, 0.6) is 0 Å². The Kier molecular flexibility index (Phi) is 6.77. The van der Waals surface area contributed by atoms with Gasteiger partial charge in [-0.25, -0.2) is 4.98 Å². The fourth-order valence-electron chi connectivity index (χ4n) is 2.70. The lowest BCUT2D eigenvalue weighted by Crippen LogP contribution is -2.20. The Labute approximate surface area is 180 Å². The number of alkyl halides is 3. The number of halogens is 4. The molecule has 31 heavy (non-hydrogen) atoms. The number of amides is 1. The second-order valence-electron chi connectivity index (χ2n) is 6.57. The van der Waals surface area contributed by atoms with E-state index in [9.17, 15) is 18.0 Å². The zero-order valence-electron chi connectivity index (χ0n) is 16.2. The first-order valence-electron chi connectivity index (χ1n) is 9.01. The third-order valence-electron chi connectivity index (χ3n) is 4.28. The van der Waals surface area contributed by atoms with E-state index in [1.807, 2.05) is 0 Å². The molecule has 2 heterocycles. The fourth-order valence-corrected chi connectivity index (χ4v) is 3.01. The minimum absolute atomic E-state index is 0.0690. The number of hydrogen-bond donors (Lipinski definition) is 2. The van der Waals surface area contributed by atoms with Crippen LogP contribution in [0.3, 0.4) is 0 Å². The molecule has 10 heteroatoms. The van der Waals surface area contributed by atoms with Gasteiger partial charge in [0.05, 0.1) is 22.5 Å². The molecule has 0 aliphatic carbocycles. The molecule has 2 N–H and O–H groups in total. The number of benzene rings is 1. The average Bonchev–Trinajstić information content (AvgIpc) is 3.21. The number of nitrogens with one attached hydrogen (secondary N) is 1. The number of carbonyl (C=O) groups is 1. The van der Waals surface area contributed by atoms with Gasteiger partial charge in [-0.05, 0) is 36.3 Å². The lowest BCUT2D eigenvalue weighted by Gasteiger charge is -2.08. The van der Waals surface area contributed by atoms with Gasteiger partial charge in [-0.15, -0.1) is 0 Å². The summed E-state index contributed by atoms with van der Waals surface area (Å²) < 4.78 is 43.1. The molecule has 0 aliphatic heterocycles. The molecule has 1 amide bonds. The van der Waals surface area contributed by atoms with Gasteiger partial charge in [0.2, 0.25) is 11.8 Å². The van der Waals surface area contributed by atoms with Crippen molar-refractivity contribution >= 4 is 23.1 Å². The summed E-state index contributed by atoms with van der Waals surface area (Å²) in [5.41, 5.74) is 1.22. The highest BCUT2D eigenvalue weighted by Crippen LogP contribution is 2.29. The smallest absolute Gasteiger partial charge is 0.416 e. The van der Waals surface area contributed by atoms with Crippen LogP contribution >= 0.6 is 11.6 Å². The number of pyridine rings is 1. The number of aliphatic hydroxyl groups is 1. The van der Waals surface area contributed by atoms with Crippen molar-refractivity contribution in [2.24, 2.45) is 0 Å². The molecule has 0 atom stereocenters. The predicted octanol–water partition coefficient (Wildman–Crippen LogP) is 4.62. The number of carbonyl (C=O) groups excluding carboxylic acids is 1. The molecular formula is C21H17ClF3N3O3. The maximum atomic E-state index is 12.6. The Bertz CT molecular complexity index is 1110. The largest absolute Gasteiger partial charge is 0.438 e. The molecule has 3 rings (SSSR count). The van der Waals surface area contributed by atoms with Crippen LogP contribution in [0.1, 0.15) is 29.6 Å². The number of aliphatic hydroxyl groups excluding tert-OH is 1. The van der Waals surface area contributed by atoms with Crippen molar-refractivity contribution in [3.63, 3.8) is 0 Å². The number of aromatic nitrogens is 2. The van der Waals surface area contributed by atoms with Crippen LogP contribution in [-0.4, -0.2) is 21.0 Å². The highest BCUT2D eigenvalue weighted by molar-refractivity contribution is 6.32. The highest BCUT2D eigenvalue weighted by atomic mass is 35.5. The van der Waals surface area contributed by atoms with Gasteiger partial charge < -0.3 is 14.8 Å². The second kappa shape index (κ2) is 9.32. The molecule has 0 radical (unpaired) electrons. The van der Waals surface area contributed by atoms with Crippen LogP contribution in [0.4, 0.5) is 13.2 Å². The summed E-state index contributed by atoms with van der Waals surface area (Å²) in [4.78, 5) is 20.3. The Balaban J connectivity index is 1.65. The lowest BCUT2D eigenvalue weighted by molar-refractivity contribution is -0.137. The first kappa shape index (κ1) is 22.5. The van der Waals surface area contributed by atoms with Gasteiger partial charge in [-0.1, -0.05) is 23.7 Å². The van der Waals surface area contributed by atoms with Crippen LogP contribution in [0.15, 0.2) is 53.2 Å². The van der Waals surface area contributed by atoms with Crippen molar-refractivity contribution in [2.45, 2.75) is 26.3 Å². The van der Waals surface area contributed by atoms with E-state index in [1.54, 1.807) is 13.0 Å². The van der Waals surface area contributed by atoms with Crippen LogP contribution in [0, 0.1) is 0 Å². The normalized spacial score (nSPS) is 12.1. The van der Waals surface area contributed by atoms with E-state index >= 15 is 0 Å². The molecule has 0 fully saturated rings. The van der Waals surface area contributed by atoms with Crippen molar-refractivity contribution in [3.8, 4) is 11.3 Å². The second-order valence-corrected chi connectivity index (χ2v) is 6.98. The molecule has 0 aliphatic rings. The summed E-state index contributed by atoms with van der Waals surface area (Å²) in [5, 5.41) is 11.9. The third-order valence-corrected chi connectivity index (χ3v) is 4.57. The Morgan fingerprint density at radius 2 is 1.94 bits per heavy atom. The molecule has 0 unspecified atom stereocenters. The average molecular weight is 452 g/mol. The maximum Gasteiger partial charge on any atom is 0.416 e. The Morgan fingerprint density at radius 1 is 1.23 bits per heavy atom. The summed E-state index contributed by atoms with van der Waals surface area (Å²) in [6, 6.07) is 6.14. The summed E-state index contributed by atoms with van der Waals surface area (Å²) in [6.07, 6.45) is -0.162. The zero-order chi connectivity index (χ0) is 22.6. The third kappa shape index (κ3) is 5.71. The Morgan fingerprint density at radius 3 is 2.52 bits per heavy atom. The molecule has 0 saturated heterocycles. The van der Waals surface area contributed by atoms with Gasteiger partial charge in [-0.2, -0.15) is 13.2 Å². The molecule has 3 aromatic rings. The van der Waals surface area contributed by atoms with Gasteiger partial charge in [0.15, 0.2) is 5.76 Å². The number of nitrogens with zero attached hydrogens (tertiary/aromatic N) is 2. The topological polar surface area (TPSA) is 88.2 Å². The fraction of sp³-hybridized carbons (Fsp3) is 0.190. The molecule has 1 aromatic carbocycles. The Hall–Kier alpha value is -3.17. The monoisotopic (exact) mass is 451 g/mol. The van der Waals surface area contributed by atoms with Gasteiger partial charge in [0.25, 0.3) is 0 Å². The molecule has 2 aromatic heterocycles. The number of hydrogen-bond acceptors (Lipinski definition) is 5. The minimum atomic E-state index is -4.40. The van der Waals surface area contributed by atoms with Crippen molar-refractivity contribution in [2.75, 3.05) is 0 Å². The highest BCUT2D eigenvalue weighted by Gasteiger charge is 2.29. The van der Waals surface area contributed by atoms with Gasteiger partial charge >= 0.3 is 6.18 Å². The van der Waals surface area contributed by atoms with E-state index in [4.69, 9.17) is 21.1 Å². The van der Waals surface area contributed by atoms with E-state index in [0.29, 0.717) is 28.2 Å². The van der Waals surface area contributed by atoms with Crippen molar-refractivity contribution in [3.05, 3.63) is 76.5 Å². The van der Waals surface area contributed by atoms with Crippen molar-refractivity contribution < 1.29 is 27.5 Å². The summed E-state index contributed by atoms with van der Waals surface area (Å²) >= 11 is 6.28. The molecule has 162 valence electrons. The van der Waals surface area contributed by atoms with Gasteiger partial charge in [0.1, 0.15) is 6.61 Å². The van der Waals surface area contributed by atoms with Crippen LogP contribution in [0.2, 0.25) is 5.02 Å². The molecule has 0 bridgehead atoms. The van der Waals surface area contributed by atoms with E-state index in [-0.39, 0.29) is 24.1 Å². The number of oxazole rings is 1. The molecule has 0 saturated carbocycles. The van der Waals surface area contributed by atoms with E-state index in [0.717, 1.165) is 12.1 Å². The molecule has 6 nitrogen and oxygen atoms in total. The predicted molar refractivity (Wildman–Crippen MR) is 108 cm³/mol. The quantitative estimate of drug-likeness (QED) is 0.534. The minimum Gasteiger partial charge on any atom is -0.438 e. The standard InChI is InChI=1S/C21H17ClF3N3O3/c1-12(6-18(30)26-8-13-2-4-15(5-3-13)21(23,24)25)20-16(22)7-14(9-28-20)17-10-27-19(11-29)31-17/h2-7,9-10,29H,8,11H2,1H3,(H,26,30). The van der Waals surface area contributed by atoms with Crippen molar-refractivity contribution in [1.29, 1.82) is 0 Å². The van der Waals surface area contributed by atoms with Crippen molar-refractivity contribution in [1.82, 2.24) is 15.3 Å². The number of allylic oxidation sites excluding steroid dienone is 1. The lowest BCUT2D eigenvalue weighted by atomic mass is 10.1. The summed E-state index contributed by atoms with van der Waals surface area (Å²) in [5.74, 6) is 0.110. The van der Waals surface area contributed by atoms with Gasteiger partial charge in [-0.3, -0.25) is 9.78 Å². The zero-order valence-corrected chi connectivity index (χ0v) is 17.0. The van der Waals surface area contributed by atoms with Crippen LogP contribution in [0.25, 0.3) is 16.9 Å². The molecular weight excluding hydrogens is 435 g/mol. The first-order valence-corrected chi connectivity index (χ1v) is 9.39. The van der Waals surface area contributed by atoms with E-state index < -0.39 is 17.6 Å². The SMILES string of the molecule is CC(=CC(=O)NCc1ccc(C(F)(F)F)cc1)c1ncc(-c2cnc(CO)o2)cc1Cl. The van der Waals surface area contributed by atoms with Gasteiger partial charge in [0, 0.05) is 24.4 Å². The first-order chi connectivity index (χ1) is 14.7. The van der Waals surface area contributed by atoms with E-state index in [1.165, 1.54) is 30.6 Å².